The van der Waals surface area contributed by atoms with Crippen LogP contribution in [0.4, 0.5) is 0 Å². The van der Waals surface area contributed by atoms with Crippen LogP contribution >= 0.6 is 0 Å². The van der Waals surface area contributed by atoms with E-state index in [-0.39, 0.29) is 12.0 Å². The Morgan fingerprint density at radius 2 is 1.93 bits per heavy atom. The first-order chi connectivity index (χ1) is 6.47. The van der Waals surface area contributed by atoms with Crippen molar-refractivity contribution in [1.29, 1.82) is 0 Å². The van der Waals surface area contributed by atoms with Crippen LogP contribution in [0.25, 0.3) is 0 Å². The van der Waals surface area contributed by atoms with E-state index in [0.717, 1.165) is 13.1 Å². The molecule has 0 bridgehead atoms. The minimum absolute atomic E-state index is 0.164. The molecule has 0 spiro atoms. The second kappa shape index (κ2) is 4.30. The molecule has 1 aliphatic rings. The topological polar surface area (TPSA) is 40.5 Å². The Labute approximate surface area is 86.1 Å². The molecule has 1 fully saturated rings. The summed E-state index contributed by atoms with van der Waals surface area (Å²) in [5.41, 5.74) is -0.164. The van der Waals surface area contributed by atoms with Gasteiger partial charge in [0.15, 0.2) is 0 Å². The molecule has 0 amide bonds. The van der Waals surface area contributed by atoms with Gasteiger partial charge in [0.1, 0.15) is 0 Å². The molecule has 1 heterocycles. The minimum Gasteiger partial charge on any atom is -0.481 e. The van der Waals surface area contributed by atoms with Crippen molar-refractivity contribution in [1.82, 2.24) is 4.90 Å². The quantitative estimate of drug-likeness (QED) is 0.752. The van der Waals surface area contributed by atoms with Crippen molar-refractivity contribution >= 4 is 5.97 Å². The van der Waals surface area contributed by atoms with Gasteiger partial charge in [-0.1, -0.05) is 13.8 Å². The summed E-state index contributed by atoms with van der Waals surface area (Å²) in [4.78, 5) is 13.2. The molecule has 0 aliphatic carbocycles. The highest BCUT2D eigenvalue weighted by Crippen LogP contribution is 2.31. The number of nitrogens with zero attached hydrogens (tertiary/aromatic N) is 1. The molecule has 82 valence electrons. The Morgan fingerprint density at radius 1 is 1.43 bits per heavy atom. The molecule has 1 rings (SSSR count). The van der Waals surface area contributed by atoms with Crippen LogP contribution < -0.4 is 0 Å². The summed E-state index contributed by atoms with van der Waals surface area (Å²) in [7, 11) is 0. The molecule has 0 aromatic carbocycles. The molecule has 1 unspecified atom stereocenters. The van der Waals surface area contributed by atoms with E-state index in [9.17, 15) is 4.79 Å². The van der Waals surface area contributed by atoms with Gasteiger partial charge in [-0.15, -0.1) is 0 Å². The van der Waals surface area contributed by atoms with Gasteiger partial charge in [0.05, 0.1) is 6.42 Å². The van der Waals surface area contributed by atoms with Crippen LogP contribution in [0, 0.1) is 5.92 Å². The van der Waals surface area contributed by atoms with Crippen LogP contribution in [-0.4, -0.2) is 34.6 Å². The average molecular weight is 199 g/mol. The number of aliphatic carboxylic acids is 1. The Hall–Kier alpha value is -0.570. The van der Waals surface area contributed by atoms with Gasteiger partial charge < -0.3 is 5.11 Å². The van der Waals surface area contributed by atoms with E-state index in [1.165, 1.54) is 12.8 Å². The van der Waals surface area contributed by atoms with E-state index < -0.39 is 5.97 Å². The normalized spacial score (nSPS) is 22.6. The van der Waals surface area contributed by atoms with Gasteiger partial charge >= 0.3 is 5.97 Å². The summed E-state index contributed by atoms with van der Waals surface area (Å²) >= 11 is 0. The molecule has 1 N–H and O–H groups in total. The number of likely N-dealkylation sites (tertiary alicyclic amines) is 1. The van der Waals surface area contributed by atoms with Gasteiger partial charge in [-0.2, -0.15) is 0 Å². The number of carbonyl (C=O) groups is 1. The van der Waals surface area contributed by atoms with Crippen molar-refractivity contribution < 1.29 is 9.90 Å². The highest BCUT2D eigenvalue weighted by molar-refractivity contribution is 5.68. The summed E-state index contributed by atoms with van der Waals surface area (Å²) in [5, 5.41) is 8.93. The van der Waals surface area contributed by atoms with E-state index in [0.29, 0.717) is 5.92 Å². The van der Waals surface area contributed by atoms with Gasteiger partial charge in [-0.3, -0.25) is 9.69 Å². The van der Waals surface area contributed by atoms with Crippen molar-refractivity contribution in [2.75, 3.05) is 13.1 Å². The molecule has 1 saturated heterocycles. The highest BCUT2D eigenvalue weighted by atomic mass is 16.4. The van der Waals surface area contributed by atoms with Crippen LogP contribution in [0.3, 0.4) is 0 Å². The third kappa shape index (κ3) is 2.27. The standard InChI is InChI=1S/C11H21NO2/c1-9(2)11(3,8-10(13)14)12-6-4-5-7-12/h9H,4-8H2,1-3H3,(H,13,14). The maximum absolute atomic E-state index is 10.8. The van der Waals surface area contributed by atoms with Crippen LogP contribution in [0.15, 0.2) is 0 Å². The molecular weight excluding hydrogens is 178 g/mol. The first kappa shape index (κ1) is 11.5. The lowest BCUT2D eigenvalue weighted by Gasteiger charge is -2.41. The van der Waals surface area contributed by atoms with Crippen LogP contribution in [-0.2, 0) is 4.79 Å². The Kier molecular flexibility index (Phi) is 3.53. The zero-order valence-electron chi connectivity index (χ0n) is 9.42. The minimum atomic E-state index is -0.687. The molecule has 0 aromatic rings. The van der Waals surface area contributed by atoms with Crippen molar-refractivity contribution in [2.45, 2.75) is 45.6 Å². The molecule has 1 atom stereocenters. The summed E-state index contributed by atoms with van der Waals surface area (Å²) in [6.45, 7) is 8.42. The van der Waals surface area contributed by atoms with E-state index in [4.69, 9.17) is 5.11 Å². The van der Waals surface area contributed by atoms with Crippen molar-refractivity contribution in [3.05, 3.63) is 0 Å². The predicted molar refractivity (Wildman–Crippen MR) is 56.3 cm³/mol. The molecule has 14 heavy (non-hydrogen) atoms. The summed E-state index contributed by atoms with van der Waals surface area (Å²) in [6, 6.07) is 0. The Bertz CT molecular complexity index is 209. The maximum atomic E-state index is 10.8. The first-order valence-corrected chi connectivity index (χ1v) is 5.43. The Balaban J connectivity index is 2.74. The molecule has 3 nitrogen and oxygen atoms in total. The zero-order chi connectivity index (χ0) is 10.8. The summed E-state index contributed by atoms with van der Waals surface area (Å²) < 4.78 is 0. The average Bonchev–Trinajstić information content (AvgIpc) is 2.53. The van der Waals surface area contributed by atoms with E-state index in [2.05, 4.69) is 25.7 Å². The van der Waals surface area contributed by atoms with Gasteiger partial charge in [0.2, 0.25) is 0 Å². The van der Waals surface area contributed by atoms with E-state index >= 15 is 0 Å². The molecule has 0 aromatic heterocycles. The number of hydrogen-bond acceptors (Lipinski definition) is 2. The fraction of sp³-hybridized carbons (Fsp3) is 0.909. The monoisotopic (exact) mass is 199 g/mol. The van der Waals surface area contributed by atoms with Gasteiger partial charge in [0, 0.05) is 5.54 Å². The molecule has 1 aliphatic heterocycles. The Morgan fingerprint density at radius 3 is 2.29 bits per heavy atom. The van der Waals surface area contributed by atoms with E-state index in [1.807, 2.05) is 0 Å². The number of carboxylic acids is 1. The molecule has 0 radical (unpaired) electrons. The zero-order valence-corrected chi connectivity index (χ0v) is 9.42. The predicted octanol–water partition coefficient (Wildman–Crippen LogP) is 1.97. The number of carboxylic acid groups (broad SMARTS) is 1. The lowest BCUT2D eigenvalue weighted by Crippen LogP contribution is -2.50. The molecular formula is C11H21NO2. The third-order valence-corrected chi connectivity index (χ3v) is 3.58. The number of rotatable bonds is 4. The van der Waals surface area contributed by atoms with Crippen LogP contribution in [0.2, 0.25) is 0 Å². The molecule has 3 heteroatoms. The second-order valence-electron chi connectivity index (χ2n) is 4.78. The van der Waals surface area contributed by atoms with Gasteiger partial charge in [-0.05, 0) is 38.8 Å². The third-order valence-electron chi connectivity index (χ3n) is 3.58. The lowest BCUT2D eigenvalue weighted by molar-refractivity contribution is -0.141. The van der Waals surface area contributed by atoms with Gasteiger partial charge in [0.25, 0.3) is 0 Å². The second-order valence-corrected chi connectivity index (χ2v) is 4.78. The maximum Gasteiger partial charge on any atom is 0.305 e. The van der Waals surface area contributed by atoms with Crippen LogP contribution in [0.5, 0.6) is 0 Å². The van der Waals surface area contributed by atoms with Crippen molar-refractivity contribution in [3.63, 3.8) is 0 Å². The lowest BCUT2D eigenvalue weighted by atomic mass is 9.83. The summed E-state index contributed by atoms with van der Waals surface area (Å²) in [6.07, 6.45) is 2.68. The fourth-order valence-corrected chi connectivity index (χ4v) is 2.22. The van der Waals surface area contributed by atoms with Crippen molar-refractivity contribution in [3.8, 4) is 0 Å². The van der Waals surface area contributed by atoms with E-state index in [1.54, 1.807) is 0 Å². The highest BCUT2D eigenvalue weighted by Gasteiger charge is 2.38. The van der Waals surface area contributed by atoms with Gasteiger partial charge in [-0.25, -0.2) is 0 Å². The summed E-state index contributed by atoms with van der Waals surface area (Å²) in [5.74, 6) is -0.301. The number of hydrogen-bond donors (Lipinski definition) is 1. The molecule has 0 saturated carbocycles. The SMILES string of the molecule is CC(C)C(C)(CC(=O)O)N1CCCC1. The fourth-order valence-electron chi connectivity index (χ4n) is 2.22. The van der Waals surface area contributed by atoms with Crippen LogP contribution in [0.1, 0.15) is 40.0 Å². The first-order valence-electron chi connectivity index (χ1n) is 5.43. The largest absolute Gasteiger partial charge is 0.481 e. The van der Waals surface area contributed by atoms with Crippen molar-refractivity contribution in [2.24, 2.45) is 5.92 Å². The smallest absolute Gasteiger partial charge is 0.305 e.